The summed E-state index contributed by atoms with van der Waals surface area (Å²) in [6.07, 6.45) is 4.38. The van der Waals surface area contributed by atoms with Crippen molar-refractivity contribution in [2.75, 3.05) is 13.4 Å². The van der Waals surface area contributed by atoms with Crippen LogP contribution in [0.2, 0.25) is 0 Å². The quantitative estimate of drug-likeness (QED) is 0.800. The average Bonchev–Trinajstić information content (AvgIpc) is 2.89. The lowest BCUT2D eigenvalue weighted by Gasteiger charge is -2.03. The lowest BCUT2D eigenvalue weighted by molar-refractivity contribution is 0.414. The summed E-state index contributed by atoms with van der Waals surface area (Å²) in [5.74, 6) is 1.11. The summed E-state index contributed by atoms with van der Waals surface area (Å²) in [4.78, 5) is 11.7. The number of para-hydroxylation sites is 1. The van der Waals surface area contributed by atoms with Gasteiger partial charge >= 0.3 is 0 Å². The number of aromatic nitrogens is 3. The Labute approximate surface area is 121 Å². The van der Waals surface area contributed by atoms with E-state index in [1.165, 1.54) is 6.26 Å². The molecule has 0 aliphatic carbocycles. The summed E-state index contributed by atoms with van der Waals surface area (Å²) in [6.45, 7) is 0. The number of imidazole rings is 1. The number of sulfone groups is 1. The van der Waals surface area contributed by atoms with E-state index in [-0.39, 0.29) is 4.90 Å². The van der Waals surface area contributed by atoms with Crippen LogP contribution in [0.1, 0.15) is 0 Å². The van der Waals surface area contributed by atoms with E-state index in [0.29, 0.717) is 22.6 Å². The Hall–Kier alpha value is -2.41. The number of nitrogens with zero attached hydrogens (tertiary/aromatic N) is 2. The molecule has 2 heterocycles. The van der Waals surface area contributed by atoms with Crippen LogP contribution in [0.3, 0.4) is 0 Å². The van der Waals surface area contributed by atoms with Crippen molar-refractivity contribution >= 4 is 20.9 Å². The second-order valence-electron chi connectivity index (χ2n) is 4.59. The third kappa shape index (κ3) is 2.36. The van der Waals surface area contributed by atoms with Gasteiger partial charge in [-0.3, -0.25) is 4.98 Å². The number of hydrogen-bond acceptors (Lipinski definition) is 5. The Bertz CT molecular complexity index is 916. The van der Waals surface area contributed by atoms with Gasteiger partial charge in [0.1, 0.15) is 17.1 Å². The molecule has 0 spiro atoms. The zero-order chi connectivity index (χ0) is 15.0. The molecule has 2 aromatic heterocycles. The summed E-state index contributed by atoms with van der Waals surface area (Å²) >= 11 is 0. The van der Waals surface area contributed by atoms with E-state index in [2.05, 4.69) is 15.0 Å². The van der Waals surface area contributed by atoms with Gasteiger partial charge in [-0.2, -0.15) is 0 Å². The lowest BCUT2D eigenvalue weighted by atomic mass is 10.2. The predicted molar refractivity (Wildman–Crippen MR) is 79.0 cm³/mol. The molecule has 0 unspecified atom stereocenters. The van der Waals surface area contributed by atoms with Crippen molar-refractivity contribution in [3.8, 4) is 17.1 Å². The highest BCUT2D eigenvalue weighted by atomic mass is 32.2. The van der Waals surface area contributed by atoms with Crippen LogP contribution in [0.5, 0.6) is 5.75 Å². The molecule has 0 radical (unpaired) electrons. The summed E-state index contributed by atoms with van der Waals surface area (Å²) in [6, 6.07) is 6.78. The van der Waals surface area contributed by atoms with Crippen LogP contribution < -0.4 is 4.74 Å². The van der Waals surface area contributed by atoms with E-state index >= 15 is 0 Å². The molecular formula is C14H13N3O3S. The first-order chi connectivity index (χ1) is 10.0. The SMILES string of the molecule is COc1cnccc1-c1nc2c(S(C)(=O)=O)cccc2[nH]1. The van der Waals surface area contributed by atoms with E-state index in [1.54, 1.807) is 43.8 Å². The van der Waals surface area contributed by atoms with Gasteiger partial charge in [-0.05, 0) is 18.2 Å². The number of hydrogen-bond donors (Lipinski definition) is 1. The number of rotatable bonds is 3. The molecule has 0 atom stereocenters. The zero-order valence-corrected chi connectivity index (χ0v) is 12.3. The topological polar surface area (TPSA) is 84.9 Å². The van der Waals surface area contributed by atoms with Gasteiger partial charge in [-0.25, -0.2) is 13.4 Å². The average molecular weight is 303 g/mol. The van der Waals surface area contributed by atoms with Crippen LogP contribution in [0.4, 0.5) is 0 Å². The normalized spacial score (nSPS) is 11.7. The molecule has 21 heavy (non-hydrogen) atoms. The van der Waals surface area contributed by atoms with E-state index in [9.17, 15) is 8.42 Å². The molecule has 1 N–H and O–H groups in total. The minimum absolute atomic E-state index is 0.204. The standard InChI is InChI=1S/C14H13N3O3S/c1-20-11-8-15-7-6-9(11)14-16-10-4-3-5-12(13(10)17-14)21(2,18)19/h3-8H,1-2H3,(H,16,17). The van der Waals surface area contributed by atoms with Crippen molar-refractivity contribution in [3.63, 3.8) is 0 Å². The van der Waals surface area contributed by atoms with E-state index in [1.807, 2.05) is 0 Å². The summed E-state index contributed by atoms with van der Waals surface area (Å²) in [5, 5.41) is 0. The van der Waals surface area contributed by atoms with Crippen molar-refractivity contribution in [2.24, 2.45) is 0 Å². The van der Waals surface area contributed by atoms with Gasteiger partial charge in [0.25, 0.3) is 0 Å². The number of aromatic amines is 1. The largest absolute Gasteiger partial charge is 0.494 e. The van der Waals surface area contributed by atoms with Crippen LogP contribution in [-0.4, -0.2) is 36.7 Å². The number of H-pyrrole nitrogens is 1. The number of fused-ring (bicyclic) bond motifs is 1. The fourth-order valence-corrected chi connectivity index (χ4v) is 3.00. The van der Waals surface area contributed by atoms with Gasteiger partial charge < -0.3 is 9.72 Å². The Balaban J connectivity index is 2.27. The monoisotopic (exact) mass is 303 g/mol. The summed E-state index contributed by atoms with van der Waals surface area (Å²) in [5.41, 5.74) is 1.81. The smallest absolute Gasteiger partial charge is 0.177 e. The molecule has 0 fully saturated rings. The van der Waals surface area contributed by atoms with Gasteiger partial charge in [-0.1, -0.05) is 6.07 Å². The maximum atomic E-state index is 11.8. The molecule has 6 nitrogen and oxygen atoms in total. The molecule has 0 saturated carbocycles. The van der Waals surface area contributed by atoms with Crippen molar-refractivity contribution in [2.45, 2.75) is 4.90 Å². The van der Waals surface area contributed by atoms with E-state index in [4.69, 9.17) is 4.74 Å². The highest BCUT2D eigenvalue weighted by Gasteiger charge is 2.17. The number of ether oxygens (including phenoxy) is 1. The van der Waals surface area contributed by atoms with Gasteiger partial charge in [0.15, 0.2) is 9.84 Å². The van der Waals surface area contributed by atoms with E-state index < -0.39 is 9.84 Å². The molecule has 1 aromatic carbocycles. The molecule has 0 amide bonds. The van der Waals surface area contributed by atoms with Crippen LogP contribution >= 0.6 is 0 Å². The molecule has 3 aromatic rings. The van der Waals surface area contributed by atoms with Crippen molar-refractivity contribution in [3.05, 3.63) is 36.7 Å². The van der Waals surface area contributed by atoms with Crippen molar-refractivity contribution < 1.29 is 13.2 Å². The first-order valence-electron chi connectivity index (χ1n) is 6.18. The Morgan fingerprint density at radius 1 is 1.24 bits per heavy atom. The van der Waals surface area contributed by atoms with Crippen molar-refractivity contribution in [1.29, 1.82) is 0 Å². The van der Waals surface area contributed by atoms with Crippen molar-refractivity contribution in [1.82, 2.24) is 15.0 Å². The van der Waals surface area contributed by atoms with Gasteiger partial charge in [0.2, 0.25) is 0 Å². The van der Waals surface area contributed by atoms with E-state index in [0.717, 1.165) is 5.56 Å². The third-order valence-electron chi connectivity index (χ3n) is 3.13. The Kier molecular flexibility index (Phi) is 3.13. The number of pyridine rings is 1. The lowest BCUT2D eigenvalue weighted by Crippen LogP contribution is -1.97. The second-order valence-corrected chi connectivity index (χ2v) is 6.57. The minimum Gasteiger partial charge on any atom is -0.494 e. The highest BCUT2D eigenvalue weighted by molar-refractivity contribution is 7.91. The molecule has 0 saturated heterocycles. The molecule has 0 aliphatic heterocycles. The molecule has 0 bridgehead atoms. The second kappa shape index (κ2) is 4.85. The molecular weight excluding hydrogens is 290 g/mol. The minimum atomic E-state index is -3.34. The molecule has 0 aliphatic rings. The molecule has 108 valence electrons. The third-order valence-corrected chi connectivity index (χ3v) is 4.26. The van der Waals surface area contributed by atoms with Crippen LogP contribution in [0, 0.1) is 0 Å². The summed E-state index contributed by atoms with van der Waals surface area (Å²) in [7, 11) is -1.79. The Morgan fingerprint density at radius 3 is 2.76 bits per heavy atom. The molecule has 7 heteroatoms. The van der Waals surface area contributed by atoms with Gasteiger partial charge in [-0.15, -0.1) is 0 Å². The van der Waals surface area contributed by atoms with Gasteiger partial charge in [0.05, 0.1) is 29.3 Å². The maximum absolute atomic E-state index is 11.8. The number of nitrogens with one attached hydrogen (secondary N) is 1. The zero-order valence-electron chi connectivity index (χ0n) is 11.5. The fraction of sp³-hybridized carbons (Fsp3) is 0.143. The van der Waals surface area contributed by atoms with Crippen LogP contribution in [0.15, 0.2) is 41.6 Å². The predicted octanol–water partition coefficient (Wildman–Crippen LogP) is 2.04. The molecule has 3 rings (SSSR count). The fourth-order valence-electron chi connectivity index (χ4n) is 2.17. The maximum Gasteiger partial charge on any atom is 0.177 e. The number of methoxy groups -OCH3 is 1. The van der Waals surface area contributed by atoms with Gasteiger partial charge in [0, 0.05) is 12.5 Å². The first-order valence-corrected chi connectivity index (χ1v) is 8.07. The van der Waals surface area contributed by atoms with Crippen LogP contribution in [0.25, 0.3) is 22.4 Å². The number of benzene rings is 1. The van der Waals surface area contributed by atoms with Crippen LogP contribution in [-0.2, 0) is 9.84 Å². The summed E-state index contributed by atoms with van der Waals surface area (Å²) < 4.78 is 28.9. The Morgan fingerprint density at radius 2 is 2.05 bits per heavy atom. The first kappa shape index (κ1) is 13.6. The highest BCUT2D eigenvalue weighted by Crippen LogP contribution is 2.30.